The Morgan fingerprint density at radius 1 is 1.35 bits per heavy atom. The fraction of sp³-hybridized carbons (Fsp3) is 0.467. The molecule has 2 aliphatic rings. The summed E-state index contributed by atoms with van der Waals surface area (Å²) in [5, 5.41) is 4.66. The van der Waals surface area contributed by atoms with E-state index in [4.69, 9.17) is 27.9 Å². The topological polar surface area (TPSA) is 24.5 Å². The number of benzene rings is 1. The molecule has 0 spiro atoms. The summed E-state index contributed by atoms with van der Waals surface area (Å²) < 4.78 is 5.72. The van der Waals surface area contributed by atoms with Crippen LogP contribution >= 0.6 is 23.2 Å². The van der Waals surface area contributed by atoms with Gasteiger partial charge in [0.15, 0.2) is 0 Å². The van der Waals surface area contributed by atoms with Crippen molar-refractivity contribution in [3.8, 4) is 0 Å². The first kappa shape index (κ1) is 14.2. The second kappa shape index (κ2) is 5.94. The number of halogens is 2. The van der Waals surface area contributed by atoms with Gasteiger partial charge in [-0.05, 0) is 43.0 Å². The Balaban J connectivity index is 1.93. The van der Waals surface area contributed by atoms with Crippen LogP contribution in [0.3, 0.4) is 0 Å². The number of ether oxygens (including phenoxy) is 1. The maximum Gasteiger partial charge on any atom is 0.0996 e. The molecule has 1 N–H and O–H groups in total. The second-order valence-electron chi connectivity index (χ2n) is 5.26. The molecule has 1 aliphatic carbocycles. The zero-order chi connectivity index (χ0) is 14.1. The van der Waals surface area contributed by atoms with Crippen LogP contribution in [-0.4, -0.2) is 26.4 Å². The maximum atomic E-state index is 6.35. The van der Waals surface area contributed by atoms with Crippen LogP contribution in [0.1, 0.15) is 12.8 Å². The van der Waals surface area contributed by atoms with Crippen LogP contribution in [0, 0.1) is 5.92 Å². The highest BCUT2D eigenvalue weighted by Crippen LogP contribution is 2.40. The molecule has 0 aromatic heterocycles. The molecule has 108 valence electrons. The second-order valence-corrected chi connectivity index (χ2v) is 6.10. The van der Waals surface area contributed by atoms with Crippen molar-refractivity contribution in [1.29, 1.82) is 0 Å². The summed E-state index contributed by atoms with van der Waals surface area (Å²) >= 11 is 12.3. The molecule has 3 nitrogen and oxygen atoms in total. The van der Waals surface area contributed by atoms with E-state index in [9.17, 15) is 0 Å². The van der Waals surface area contributed by atoms with Crippen molar-refractivity contribution in [3.05, 3.63) is 40.0 Å². The van der Waals surface area contributed by atoms with Gasteiger partial charge in [-0.25, -0.2) is 0 Å². The Bertz CT molecular complexity index is 529. The largest absolute Gasteiger partial charge is 0.375 e. The van der Waals surface area contributed by atoms with Gasteiger partial charge in [-0.3, -0.25) is 5.32 Å². The number of methoxy groups -OCH3 is 1. The molecule has 1 saturated carbocycles. The first-order valence-corrected chi connectivity index (χ1v) is 7.62. The van der Waals surface area contributed by atoms with E-state index in [1.54, 1.807) is 13.2 Å². The summed E-state index contributed by atoms with van der Waals surface area (Å²) in [6, 6.07) is 5.61. The number of nitrogens with zero attached hydrogens (tertiary/aromatic N) is 1. The van der Waals surface area contributed by atoms with Gasteiger partial charge in [0.05, 0.1) is 23.5 Å². The summed E-state index contributed by atoms with van der Waals surface area (Å²) in [6.45, 7) is 1.60. The molecule has 1 unspecified atom stereocenters. The monoisotopic (exact) mass is 312 g/mol. The zero-order valence-corrected chi connectivity index (χ0v) is 12.9. The van der Waals surface area contributed by atoms with E-state index in [1.807, 2.05) is 12.1 Å². The SMILES string of the molecule is COC(C1=CCNCN1c1ccc(Cl)cc1Cl)C1CC1. The Hall–Kier alpha value is -0.740. The van der Waals surface area contributed by atoms with E-state index in [0.717, 1.165) is 18.9 Å². The van der Waals surface area contributed by atoms with E-state index < -0.39 is 0 Å². The van der Waals surface area contributed by atoms with Crippen molar-refractivity contribution in [3.63, 3.8) is 0 Å². The van der Waals surface area contributed by atoms with E-state index in [-0.39, 0.29) is 6.10 Å². The average Bonchev–Trinajstić information content (AvgIpc) is 3.25. The highest BCUT2D eigenvalue weighted by Gasteiger charge is 2.37. The Morgan fingerprint density at radius 3 is 2.80 bits per heavy atom. The average molecular weight is 313 g/mol. The van der Waals surface area contributed by atoms with Gasteiger partial charge in [0.1, 0.15) is 0 Å². The predicted molar refractivity (Wildman–Crippen MR) is 83.4 cm³/mol. The highest BCUT2D eigenvalue weighted by molar-refractivity contribution is 6.36. The Labute approximate surface area is 129 Å². The minimum atomic E-state index is 0.156. The number of nitrogens with one attached hydrogen (secondary N) is 1. The maximum absolute atomic E-state index is 6.35. The smallest absolute Gasteiger partial charge is 0.0996 e. The lowest BCUT2D eigenvalue weighted by Gasteiger charge is -2.35. The van der Waals surface area contributed by atoms with E-state index >= 15 is 0 Å². The molecular formula is C15H18Cl2N2O. The first-order valence-electron chi connectivity index (χ1n) is 6.87. The standard InChI is InChI=1S/C15H18Cl2N2O/c1-20-15(10-2-3-10)14-6-7-18-9-19(14)13-5-4-11(16)8-12(13)17/h4-6,8,10,15,18H,2-3,7,9H2,1H3. The molecule has 20 heavy (non-hydrogen) atoms. The lowest BCUT2D eigenvalue weighted by Crippen LogP contribution is -2.43. The fourth-order valence-corrected chi connectivity index (χ4v) is 3.21. The van der Waals surface area contributed by atoms with Gasteiger partial charge in [0.2, 0.25) is 0 Å². The number of rotatable bonds is 4. The van der Waals surface area contributed by atoms with E-state index in [0.29, 0.717) is 16.0 Å². The molecular weight excluding hydrogens is 295 g/mol. The van der Waals surface area contributed by atoms with Crippen LogP contribution in [0.25, 0.3) is 0 Å². The summed E-state index contributed by atoms with van der Waals surface area (Å²) in [6.07, 6.45) is 4.83. The van der Waals surface area contributed by atoms with Crippen LogP contribution < -0.4 is 10.2 Å². The summed E-state index contributed by atoms with van der Waals surface area (Å²) in [7, 11) is 1.79. The molecule has 1 fully saturated rings. The van der Waals surface area contributed by atoms with Gasteiger partial charge in [-0.2, -0.15) is 0 Å². The molecule has 5 heteroatoms. The van der Waals surface area contributed by atoms with Crippen LogP contribution in [0.15, 0.2) is 30.0 Å². The molecule has 1 heterocycles. The van der Waals surface area contributed by atoms with Crippen molar-refractivity contribution in [1.82, 2.24) is 5.32 Å². The van der Waals surface area contributed by atoms with Crippen molar-refractivity contribution in [2.24, 2.45) is 5.92 Å². The third-order valence-corrected chi connectivity index (χ3v) is 4.37. The number of hydrogen-bond acceptors (Lipinski definition) is 3. The van der Waals surface area contributed by atoms with E-state index in [1.165, 1.54) is 18.5 Å². The lowest BCUT2D eigenvalue weighted by atomic mass is 10.1. The van der Waals surface area contributed by atoms with Gasteiger partial charge in [0, 0.05) is 24.4 Å². The minimum absolute atomic E-state index is 0.156. The normalized spacial score (nSPS) is 20.8. The van der Waals surface area contributed by atoms with Crippen LogP contribution in [0.2, 0.25) is 10.0 Å². The van der Waals surface area contributed by atoms with Crippen molar-refractivity contribution < 1.29 is 4.74 Å². The van der Waals surface area contributed by atoms with E-state index in [2.05, 4.69) is 16.3 Å². The Morgan fingerprint density at radius 2 is 2.15 bits per heavy atom. The molecule has 0 radical (unpaired) electrons. The van der Waals surface area contributed by atoms with Gasteiger partial charge < -0.3 is 9.64 Å². The lowest BCUT2D eigenvalue weighted by molar-refractivity contribution is 0.110. The third-order valence-electron chi connectivity index (χ3n) is 3.83. The van der Waals surface area contributed by atoms with Gasteiger partial charge >= 0.3 is 0 Å². The number of hydrogen-bond donors (Lipinski definition) is 1. The minimum Gasteiger partial charge on any atom is -0.375 e. The van der Waals surface area contributed by atoms with Crippen LogP contribution in [-0.2, 0) is 4.74 Å². The van der Waals surface area contributed by atoms with Gasteiger partial charge in [-0.15, -0.1) is 0 Å². The molecule has 1 aromatic rings. The molecule has 0 bridgehead atoms. The molecule has 0 amide bonds. The fourth-order valence-electron chi connectivity index (χ4n) is 2.70. The Kier molecular flexibility index (Phi) is 4.22. The third kappa shape index (κ3) is 2.82. The summed E-state index contributed by atoms with van der Waals surface area (Å²) in [5.74, 6) is 0.637. The number of anilines is 1. The molecule has 0 saturated heterocycles. The predicted octanol–water partition coefficient (Wildman–Crippen LogP) is 3.67. The molecule has 1 atom stereocenters. The molecule has 1 aliphatic heterocycles. The summed E-state index contributed by atoms with van der Waals surface area (Å²) in [4.78, 5) is 2.19. The van der Waals surface area contributed by atoms with Crippen molar-refractivity contribution >= 4 is 28.9 Å². The molecule has 3 rings (SSSR count). The first-order chi connectivity index (χ1) is 9.70. The zero-order valence-electron chi connectivity index (χ0n) is 11.4. The highest BCUT2D eigenvalue weighted by atomic mass is 35.5. The van der Waals surface area contributed by atoms with Crippen LogP contribution in [0.4, 0.5) is 5.69 Å². The van der Waals surface area contributed by atoms with Crippen molar-refractivity contribution in [2.45, 2.75) is 18.9 Å². The van der Waals surface area contributed by atoms with Crippen LogP contribution in [0.5, 0.6) is 0 Å². The molecule has 1 aromatic carbocycles. The van der Waals surface area contributed by atoms with Gasteiger partial charge in [-0.1, -0.05) is 23.2 Å². The van der Waals surface area contributed by atoms with Gasteiger partial charge in [0.25, 0.3) is 0 Å². The quantitative estimate of drug-likeness (QED) is 0.918. The van der Waals surface area contributed by atoms with Crippen molar-refractivity contribution in [2.75, 3.05) is 25.2 Å². The summed E-state index contributed by atoms with van der Waals surface area (Å²) in [5.41, 5.74) is 2.18.